The SMILES string of the molecule is CC(C)(CNC(=O)OCCSSCCOC(=O)Oc1ccc([N+](=O)[O-])cc1)OCC(C)(C)OCCNC(=O)OC1CC/C=C/CCC1. The van der Waals surface area contributed by atoms with Crippen LogP contribution >= 0.6 is 21.6 Å². The van der Waals surface area contributed by atoms with E-state index in [1.165, 1.54) is 45.9 Å². The van der Waals surface area contributed by atoms with Gasteiger partial charge in [0.15, 0.2) is 0 Å². The van der Waals surface area contributed by atoms with Crippen LogP contribution < -0.4 is 15.4 Å². The molecule has 0 heterocycles. The number of amides is 2. The summed E-state index contributed by atoms with van der Waals surface area (Å²) < 4.78 is 32.6. The second-order valence-corrected chi connectivity index (χ2v) is 14.4. The van der Waals surface area contributed by atoms with Gasteiger partial charge < -0.3 is 39.1 Å². The second kappa shape index (κ2) is 21.6. The van der Waals surface area contributed by atoms with Gasteiger partial charge in [0.2, 0.25) is 0 Å². The highest BCUT2D eigenvalue weighted by Gasteiger charge is 2.26. The lowest BCUT2D eigenvalue weighted by Crippen LogP contribution is -2.44. The Kier molecular flexibility index (Phi) is 18.4. The number of nitrogens with zero attached hydrogens (tertiary/aromatic N) is 1. The number of nitro groups is 1. The third-order valence-electron chi connectivity index (χ3n) is 6.44. The fraction of sp³-hybridized carbons (Fsp3) is 0.645. The summed E-state index contributed by atoms with van der Waals surface area (Å²) in [5.74, 6) is 1.16. The van der Waals surface area contributed by atoms with Gasteiger partial charge >= 0.3 is 18.3 Å². The van der Waals surface area contributed by atoms with Crippen molar-refractivity contribution >= 4 is 45.6 Å². The fourth-order valence-electron chi connectivity index (χ4n) is 3.92. The first-order valence-electron chi connectivity index (χ1n) is 15.5. The normalized spacial score (nSPS) is 15.8. The minimum Gasteiger partial charge on any atom is -0.449 e. The van der Waals surface area contributed by atoms with E-state index in [0.717, 1.165) is 32.1 Å². The summed E-state index contributed by atoms with van der Waals surface area (Å²) in [6.07, 6.45) is 7.01. The molecule has 0 radical (unpaired) electrons. The van der Waals surface area contributed by atoms with Gasteiger partial charge in [-0.05, 0) is 71.9 Å². The Labute approximate surface area is 283 Å². The standard InChI is InChI=1S/C31H47N3O11S2/c1-30(2,43-23-31(3,4)42-17-16-32-28(36)44-25-10-8-6-5-7-9-11-25)22-33-27(35)40-18-20-46-47-21-19-41-29(37)45-26-14-12-24(13-15-26)34(38)39/h5-6,12-15,25H,7-11,16-23H2,1-4H3,(H,32,36)(H,33,35)/b6-5+. The summed E-state index contributed by atoms with van der Waals surface area (Å²) in [7, 11) is 2.89. The average Bonchev–Trinajstić information content (AvgIpc) is 3.00. The summed E-state index contributed by atoms with van der Waals surface area (Å²) >= 11 is 0. The van der Waals surface area contributed by atoms with Crippen molar-refractivity contribution in [3.8, 4) is 5.75 Å². The first-order chi connectivity index (χ1) is 22.3. The maximum atomic E-state index is 12.1. The van der Waals surface area contributed by atoms with E-state index in [1.54, 1.807) is 0 Å². The van der Waals surface area contributed by atoms with Crippen LogP contribution in [0.4, 0.5) is 20.1 Å². The van der Waals surface area contributed by atoms with Crippen molar-refractivity contribution in [1.29, 1.82) is 0 Å². The zero-order valence-electron chi connectivity index (χ0n) is 27.5. The van der Waals surface area contributed by atoms with Crippen LogP contribution in [0.15, 0.2) is 36.4 Å². The summed E-state index contributed by atoms with van der Waals surface area (Å²) in [6.45, 7) is 8.87. The van der Waals surface area contributed by atoms with E-state index in [1.807, 2.05) is 27.7 Å². The third-order valence-corrected chi connectivity index (χ3v) is 8.78. The first-order valence-corrected chi connectivity index (χ1v) is 18.0. The monoisotopic (exact) mass is 701 g/mol. The van der Waals surface area contributed by atoms with Gasteiger partial charge in [-0.3, -0.25) is 10.1 Å². The number of carbonyl (C=O) groups excluding carboxylic acids is 3. The van der Waals surface area contributed by atoms with E-state index < -0.39 is 34.5 Å². The molecule has 1 aliphatic rings. The van der Waals surface area contributed by atoms with E-state index >= 15 is 0 Å². The Balaban J connectivity index is 1.47. The van der Waals surface area contributed by atoms with Crippen molar-refractivity contribution in [3.05, 3.63) is 46.5 Å². The molecule has 0 aliphatic heterocycles. The van der Waals surface area contributed by atoms with Crippen molar-refractivity contribution in [2.75, 3.05) is 51.0 Å². The van der Waals surface area contributed by atoms with Crippen LogP contribution in [0, 0.1) is 10.1 Å². The minimum absolute atomic E-state index is 0.0609. The average molecular weight is 702 g/mol. The van der Waals surface area contributed by atoms with Crippen molar-refractivity contribution in [1.82, 2.24) is 10.6 Å². The van der Waals surface area contributed by atoms with Crippen molar-refractivity contribution in [3.63, 3.8) is 0 Å². The molecule has 1 unspecified atom stereocenters. The molecule has 16 heteroatoms. The largest absolute Gasteiger partial charge is 0.513 e. The third kappa shape index (κ3) is 19.3. The number of hydrogen-bond donors (Lipinski definition) is 2. The number of carbonyl (C=O) groups is 3. The molecule has 0 spiro atoms. The molecule has 1 aliphatic carbocycles. The lowest BCUT2D eigenvalue weighted by Gasteiger charge is -2.32. The van der Waals surface area contributed by atoms with Gasteiger partial charge in [-0.15, -0.1) is 0 Å². The van der Waals surface area contributed by atoms with Gasteiger partial charge in [-0.2, -0.15) is 0 Å². The quantitative estimate of drug-likeness (QED) is 0.0236. The van der Waals surface area contributed by atoms with Crippen molar-refractivity contribution in [2.45, 2.75) is 77.1 Å². The van der Waals surface area contributed by atoms with Crippen LogP contribution in [0.2, 0.25) is 0 Å². The van der Waals surface area contributed by atoms with Crippen LogP contribution in [0.3, 0.4) is 0 Å². The lowest BCUT2D eigenvalue weighted by atomic mass is 10.0. The number of nitro benzene ring substituents is 1. The molecule has 2 rings (SSSR count). The van der Waals surface area contributed by atoms with Gasteiger partial charge in [0.1, 0.15) is 25.1 Å². The maximum Gasteiger partial charge on any atom is 0.513 e. The van der Waals surface area contributed by atoms with E-state index in [2.05, 4.69) is 22.8 Å². The van der Waals surface area contributed by atoms with Gasteiger partial charge in [-0.25, -0.2) is 14.4 Å². The minimum atomic E-state index is -0.905. The highest BCUT2D eigenvalue weighted by molar-refractivity contribution is 8.76. The van der Waals surface area contributed by atoms with Gasteiger partial charge in [-0.1, -0.05) is 33.7 Å². The number of rotatable bonds is 19. The van der Waals surface area contributed by atoms with Gasteiger partial charge in [0, 0.05) is 36.7 Å². The molecule has 14 nitrogen and oxygen atoms in total. The van der Waals surface area contributed by atoms with E-state index in [9.17, 15) is 24.5 Å². The van der Waals surface area contributed by atoms with E-state index in [-0.39, 0.29) is 43.9 Å². The summed E-state index contributed by atoms with van der Waals surface area (Å²) in [4.78, 5) is 46.1. The zero-order chi connectivity index (χ0) is 34.5. The Hall–Kier alpha value is -3.21. The zero-order valence-corrected chi connectivity index (χ0v) is 29.1. The fourth-order valence-corrected chi connectivity index (χ4v) is 5.58. The lowest BCUT2D eigenvalue weighted by molar-refractivity contribution is -0.384. The number of allylic oxidation sites excluding steroid dienone is 2. The summed E-state index contributed by atoms with van der Waals surface area (Å²) in [5.41, 5.74) is -1.41. The van der Waals surface area contributed by atoms with Gasteiger partial charge in [0.25, 0.3) is 5.69 Å². The van der Waals surface area contributed by atoms with E-state index in [4.69, 9.17) is 28.4 Å². The van der Waals surface area contributed by atoms with Gasteiger partial charge in [0.05, 0.1) is 29.3 Å². The number of hydrogen-bond acceptors (Lipinski definition) is 13. The molecule has 0 bridgehead atoms. The Morgan fingerprint density at radius 1 is 0.872 bits per heavy atom. The number of nitrogens with one attached hydrogen (secondary N) is 2. The molecule has 0 saturated heterocycles. The van der Waals surface area contributed by atoms with Crippen LogP contribution in [-0.4, -0.2) is 91.6 Å². The maximum absolute atomic E-state index is 12.1. The number of non-ortho nitro benzene ring substituents is 1. The van der Waals surface area contributed by atoms with Crippen molar-refractivity contribution < 1.29 is 47.7 Å². The molecular formula is C31H47N3O11S2. The molecular weight excluding hydrogens is 654 g/mol. The van der Waals surface area contributed by atoms with Crippen LogP contribution in [-0.2, 0) is 23.7 Å². The van der Waals surface area contributed by atoms with Crippen LogP contribution in [0.5, 0.6) is 5.75 Å². The first kappa shape index (κ1) is 40.0. The molecule has 0 aromatic heterocycles. The molecule has 1 atom stereocenters. The number of alkyl carbamates (subject to hydrolysis) is 2. The predicted molar refractivity (Wildman–Crippen MR) is 180 cm³/mol. The van der Waals surface area contributed by atoms with Crippen LogP contribution in [0.1, 0.15) is 59.8 Å². The number of ether oxygens (including phenoxy) is 6. The molecule has 0 fully saturated rings. The Bertz CT molecular complexity index is 1150. The van der Waals surface area contributed by atoms with Crippen molar-refractivity contribution in [2.24, 2.45) is 0 Å². The Morgan fingerprint density at radius 2 is 1.55 bits per heavy atom. The second-order valence-electron chi connectivity index (χ2n) is 11.7. The molecule has 0 saturated carbocycles. The Morgan fingerprint density at radius 3 is 2.26 bits per heavy atom. The highest BCUT2D eigenvalue weighted by Crippen LogP contribution is 2.21. The molecule has 264 valence electrons. The molecule has 1 aromatic carbocycles. The molecule has 2 N–H and O–H groups in total. The van der Waals surface area contributed by atoms with E-state index in [0.29, 0.717) is 24.7 Å². The molecule has 2 amide bonds. The highest BCUT2D eigenvalue weighted by atomic mass is 33.1. The van der Waals surface area contributed by atoms with Crippen LogP contribution in [0.25, 0.3) is 0 Å². The number of benzene rings is 1. The smallest absolute Gasteiger partial charge is 0.449 e. The molecule has 47 heavy (non-hydrogen) atoms. The summed E-state index contributed by atoms with van der Waals surface area (Å²) in [5, 5.41) is 16.1. The molecule has 1 aromatic rings. The summed E-state index contributed by atoms with van der Waals surface area (Å²) in [6, 6.07) is 5.08. The topological polar surface area (TPSA) is 174 Å². The predicted octanol–water partition coefficient (Wildman–Crippen LogP) is 6.42.